The van der Waals surface area contributed by atoms with E-state index in [0.29, 0.717) is 6.54 Å². The standard InChI is InChI=1S/C18H29N3O2.2ClH/c1-13-5-7-16(8-6-13)17(19)18(22)20-9-4-10-21-11-14(2)23-15(3)12-21;;/h5-8,14-15,17H,4,9-12,19H2,1-3H3,(H,20,22);2*1H. The minimum absolute atomic E-state index is 0. The average Bonchev–Trinajstić information content (AvgIpc) is 2.50. The molecule has 0 spiro atoms. The fourth-order valence-corrected chi connectivity index (χ4v) is 3.02. The van der Waals surface area contributed by atoms with Crippen LogP contribution in [-0.2, 0) is 9.53 Å². The molecule has 0 bridgehead atoms. The summed E-state index contributed by atoms with van der Waals surface area (Å²) in [6.45, 7) is 9.76. The number of hydrogen-bond acceptors (Lipinski definition) is 4. The van der Waals surface area contributed by atoms with E-state index in [1.165, 1.54) is 0 Å². The average molecular weight is 392 g/mol. The first-order valence-corrected chi connectivity index (χ1v) is 8.43. The van der Waals surface area contributed by atoms with Crippen LogP contribution in [0.5, 0.6) is 0 Å². The summed E-state index contributed by atoms with van der Waals surface area (Å²) >= 11 is 0. The van der Waals surface area contributed by atoms with Gasteiger partial charge in [-0.25, -0.2) is 0 Å². The van der Waals surface area contributed by atoms with E-state index in [1.807, 2.05) is 31.2 Å². The number of carbonyl (C=O) groups is 1. The molecule has 3 N–H and O–H groups in total. The van der Waals surface area contributed by atoms with Gasteiger partial charge >= 0.3 is 0 Å². The van der Waals surface area contributed by atoms with Gasteiger partial charge in [0, 0.05) is 26.2 Å². The minimum Gasteiger partial charge on any atom is -0.373 e. The zero-order valence-electron chi connectivity index (χ0n) is 15.2. The summed E-state index contributed by atoms with van der Waals surface area (Å²) in [6, 6.07) is 7.18. The van der Waals surface area contributed by atoms with Crippen LogP contribution in [0.1, 0.15) is 37.4 Å². The second-order valence-corrected chi connectivity index (χ2v) is 6.55. The SMILES string of the molecule is Cc1ccc(C(N)C(=O)NCCCN2CC(C)OC(C)C2)cc1.Cl.Cl. The summed E-state index contributed by atoms with van der Waals surface area (Å²) in [5, 5.41) is 2.94. The van der Waals surface area contributed by atoms with Crippen molar-refractivity contribution in [3.8, 4) is 0 Å². The Balaban J connectivity index is 0.00000288. The third-order valence-electron chi connectivity index (χ3n) is 4.16. The van der Waals surface area contributed by atoms with Gasteiger partial charge in [-0.3, -0.25) is 9.69 Å². The predicted molar refractivity (Wildman–Crippen MR) is 107 cm³/mol. The molecule has 1 fully saturated rings. The maximum absolute atomic E-state index is 12.1. The molecule has 0 aromatic heterocycles. The van der Waals surface area contributed by atoms with Crippen molar-refractivity contribution in [2.24, 2.45) is 5.73 Å². The maximum Gasteiger partial charge on any atom is 0.241 e. The molecule has 3 unspecified atom stereocenters. The number of amides is 1. The molecule has 144 valence electrons. The zero-order chi connectivity index (χ0) is 16.8. The molecule has 1 heterocycles. The molecular weight excluding hydrogens is 361 g/mol. The fraction of sp³-hybridized carbons (Fsp3) is 0.611. The van der Waals surface area contributed by atoms with Gasteiger partial charge in [-0.05, 0) is 32.8 Å². The Hall–Kier alpha value is -0.850. The van der Waals surface area contributed by atoms with Crippen molar-refractivity contribution in [2.45, 2.75) is 45.4 Å². The van der Waals surface area contributed by atoms with Crippen molar-refractivity contribution in [1.29, 1.82) is 0 Å². The highest BCUT2D eigenvalue weighted by Crippen LogP contribution is 2.12. The van der Waals surface area contributed by atoms with Gasteiger partial charge in [-0.1, -0.05) is 29.8 Å². The second kappa shape index (κ2) is 11.7. The molecule has 3 atom stereocenters. The first-order chi connectivity index (χ1) is 11.0. The zero-order valence-corrected chi connectivity index (χ0v) is 16.9. The summed E-state index contributed by atoms with van der Waals surface area (Å²) < 4.78 is 5.72. The van der Waals surface area contributed by atoms with Crippen LogP contribution in [0.2, 0.25) is 0 Å². The molecule has 5 nitrogen and oxygen atoms in total. The van der Waals surface area contributed by atoms with Gasteiger partial charge in [-0.15, -0.1) is 24.8 Å². The largest absolute Gasteiger partial charge is 0.373 e. The van der Waals surface area contributed by atoms with E-state index in [1.54, 1.807) is 0 Å². The summed E-state index contributed by atoms with van der Waals surface area (Å²) in [4.78, 5) is 14.5. The number of hydrogen-bond donors (Lipinski definition) is 2. The highest BCUT2D eigenvalue weighted by molar-refractivity contribution is 5.85. The van der Waals surface area contributed by atoms with E-state index < -0.39 is 6.04 Å². The lowest BCUT2D eigenvalue weighted by Gasteiger charge is -2.35. The fourth-order valence-electron chi connectivity index (χ4n) is 3.02. The number of morpholine rings is 1. The van der Waals surface area contributed by atoms with Crippen molar-refractivity contribution in [1.82, 2.24) is 10.2 Å². The van der Waals surface area contributed by atoms with Crippen LogP contribution >= 0.6 is 24.8 Å². The van der Waals surface area contributed by atoms with E-state index in [2.05, 4.69) is 24.1 Å². The van der Waals surface area contributed by atoms with Gasteiger partial charge in [0.25, 0.3) is 0 Å². The predicted octanol–water partition coefficient (Wildman–Crippen LogP) is 2.45. The summed E-state index contributed by atoms with van der Waals surface area (Å²) in [7, 11) is 0. The third-order valence-corrected chi connectivity index (χ3v) is 4.16. The van der Waals surface area contributed by atoms with E-state index in [9.17, 15) is 4.79 Å². The lowest BCUT2D eigenvalue weighted by molar-refractivity contribution is -0.122. The Morgan fingerprint density at radius 3 is 2.36 bits per heavy atom. The normalized spacial score (nSPS) is 21.6. The van der Waals surface area contributed by atoms with Crippen molar-refractivity contribution in [3.63, 3.8) is 0 Å². The van der Waals surface area contributed by atoms with E-state index in [-0.39, 0.29) is 42.9 Å². The van der Waals surface area contributed by atoms with Gasteiger partial charge in [0.15, 0.2) is 0 Å². The first kappa shape index (κ1) is 24.1. The van der Waals surface area contributed by atoms with E-state index in [4.69, 9.17) is 10.5 Å². The number of aryl methyl sites for hydroxylation is 1. The van der Waals surface area contributed by atoms with Gasteiger partial charge < -0.3 is 15.8 Å². The monoisotopic (exact) mass is 391 g/mol. The molecule has 1 saturated heterocycles. The number of benzene rings is 1. The van der Waals surface area contributed by atoms with E-state index >= 15 is 0 Å². The smallest absolute Gasteiger partial charge is 0.241 e. The quantitative estimate of drug-likeness (QED) is 0.730. The summed E-state index contributed by atoms with van der Waals surface area (Å²) in [5.41, 5.74) is 8.02. The number of nitrogens with two attached hydrogens (primary N) is 1. The number of nitrogens with one attached hydrogen (secondary N) is 1. The second-order valence-electron chi connectivity index (χ2n) is 6.55. The Morgan fingerprint density at radius 2 is 1.80 bits per heavy atom. The Bertz CT molecular complexity index is 504. The van der Waals surface area contributed by atoms with Gasteiger partial charge in [0.1, 0.15) is 6.04 Å². The minimum atomic E-state index is -0.598. The molecular formula is C18H31Cl2N3O2. The first-order valence-electron chi connectivity index (χ1n) is 8.43. The lowest BCUT2D eigenvalue weighted by atomic mass is 10.1. The van der Waals surface area contributed by atoms with Crippen molar-refractivity contribution >= 4 is 30.7 Å². The molecule has 1 aromatic carbocycles. The third kappa shape index (κ3) is 7.92. The van der Waals surface area contributed by atoms with Crippen LogP contribution in [0.3, 0.4) is 0 Å². The van der Waals surface area contributed by atoms with Crippen LogP contribution in [0.25, 0.3) is 0 Å². The molecule has 1 aliphatic rings. The molecule has 0 radical (unpaired) electrons. The van der Waals surface area contributed by atoms with Crippen LogP contribution in [0.15, 0.2) is 24.3 Å². The van der Waals surface area contributed by atoms with Crippen LogP contribution in [0, 0.1) is 6.92 Å². The maximum atomic E-state index is 12.1. The Morgan fingerprint density at radius 1 is 1.24 bits per heavy atom. The van der Waals surface area contributed by atoms with Crippen molar-refractivity contribution in [3.05, 3.63) is 35.4 Å². The Kier molecular flexibility index (Phi) is 11.3. The summed E-state index contributed by atoms with van der Waals surface area (Å²) in [6.07, 6.45) is 1.48. The molecule has 1 amide bonds. The Labute approximate surface area is 163 Å². The van der Waals surface area contributed by atoms with Gasteiger partial charge in [0.2, 0.25) is 5.91 Å². The molecule has 2 rings (SSSR count). The van der Waals surface area contributed by atoms with Crippen LogP contribution < -0.4 is 11.1 Å². The van der Waals surface area contributed by atoms with E-state index in [0.717, 1.165) is 37.2 Å². The highest BCUT2D eigenvalue weighted by Gasteiger charge is 2.21. The highest BCUT2D eigenvalue weighted by atomic mass is 35.5. The molecule has 1 aromatic rings. The number of ether oxygens (including phenoxy) is 1. The molecule has 0 aliphatic carbocycles. The number of nitrogens with zero attached hydrogens (tertiary/aromatic N) is 1. The van der Waals surface area contributed by atoms with Crippen molar-refractivity contribution < 1.29 is 9.53 Å². The van der Waals surface area contributed by atoms with Gasteiger partial charge in [-0.2, -0.15) is 0 Å². The van der Waals surface area contributed by atoms with Crippen LogP contribution in [0.4, 0.5) is 0 Å². The summed E-state index contributed by atoms with van der Waals surface area (Å²) in [5.74, 6) is -0.113. The topological polar surface area (TPSA) is 67.6 Å². The molecule has 7 heteroatoms. The van der Waals surface area contributed by atoms with Crippen LogP contribution in [-0.4, -0.2) is 49.2 Å². The number of halogens is 2. The molecule has 25 heavy (non-hydrogen) atoms. The lowest BCUT2D eigenvalue weighted by Crippen LogP contribution is -2.46. The van der Waals surface area contributed by atoms with Gasteiger partial charge in [0.05, 0.1) is 12.2 Å². The number of carbonyl (C=O) groups excluding carboxylic acids is 1. The molecule has 0 saturated carbocycles. The molecule has 1 aliphatic heterocycles. The number of rotatable bonds is 6. The van der Waals surface area contributed by atoms with Crippen molar-refractivity contribution in [2.75, 3.05) is 26.2 Å².